The summed E-state index contributed by atoms with van der Waals surface area (Å²) < 4.78 is 6.87. The molecule has 9 heteroatoms. The molecular formula is C17H16ClN5O2S. The summed E-state index contributed by atoms with van der Waals surface area (Å²) in [7, 11) is 0. The van der Waals surface area contributed by atoms with Gasteiger partial charge in [0.15, 0.2) is 11.0 Å². The molecule has 0 atom stereocenters. The van der Waals surface area contributed by atoms with E-state index >= 15 is 0 Å². The third-order valence-electron chi connectivity index (χ3n) is 3.35. The van der Waals surface area contributed by atoms with Crippen molar-refractivity contribution in [1.82, 2.24) is 19.9 Å². The molecule has 1 N–H and O–H groups in total. The minimum atomic E-state index is -0.215. The van der Waals surface area contributed by atoms with Crippen molar-refractivity contribution in [3.8, 4) is 11.4 Å². The van der Waals surface area contributed by atoms with Gasteiger partial charge in [0.1, 0.15) is 0 Å². The highest BCUT2D eigenvalue weighted by atomic mass is 35.5. The van der Waals surface area contributed by atoms with Crippen LogP contribution >= 0.6 is 23.4 Å². The lowest BCUT2D eigenvalue weighted by Gasteiger charge is -2.07. The van der Waals surface area contributed by atoms with Crippen LogP contribution in [0, 0.1) is 6.92 Å². The summed E-state index contributed by atoms with van der Waals surface area (Å²) in [6.07, 6.45) is 1.75. The number of anilines is 1. The van der Waals surface area contributed by atoms with E-state index in [9.17, 15) is 4.79 Å². The number of nitrogens with one attached hydrogen (secondary N) is 1. The maximum atomic E-state index is 12.1. The third kappa shape index (κ3) is 4.33. The fourth-order valence-electron chi connectivity index (χ4n) is 2.23. The molecule has 0 aliphatic carbocycles. The monoisotopic (exact) mass is 389 g/mol. The van der Waals surface area contributed by atoms with E-state index in [1.54, 1.807) is 31.2 Å². The number of rotatable bonds is 7. The topological polar surface area (TPSA) is 85.8 Å². The molecule has 0 aliphatic rings. The van der Waals surface area contributed by atoms with Crippen LogP contribution in [0.25, 0.3) is 11.4 Å². The zero-order valence-electron chi connectivity index (χ0n) is 14.0. The van der Waals surface area contributed by atoms with Crippen LogP contribution < -0.4 is 5.32 Å². The summed E-state index contributed by atoms with van der Waals surface area (Å²) in [5.41, 5.74) is 1.59. The summed E-state index contributed by atoms with van der Waals surface area (Å²) in [4.78, 5) is 12.1. The van der Waals surface area contributed by atoms with Crippen LogP contribution in [-0.2, 0) is 11.3 Å². The van der Waals surface area contributed by atoms with Gasteiger partial charge in [-0.2, -0.15) is 0 Å². The van der Waals surface area contributed by atoms with E-state index in [2.05, 4.69) is 27.2 Å². The fourth-order valence-corrected chi connectivity index (χ4v) is 3.10. The van der Waals surface area contributed by atoms with Crippen molar-refractivity contribution < 1.29 is 9.32 Å². The van der Waals surface area contributed by atoms with Gasteiger partial charge in [0.2, 0.25) is 11.8 Å². The Hall–Kier alpha value is -2.58. The standard InChI is InChI=1S/C17H16ClN5O2S/c1-3-8-23-16(12-4-6-13(18)7-5-12)20-21-17(23)26-10-14(24)19-15-9-11(2)22-25-15/h3-7,9H,1,8,10H2,2H3,(H,19,24). The maximum Gasteiger partial charge on any atom is 0.237 e. The molecule has 0 saturated carbocycles. The van der Waals surface area contributed by atoms with E-state index in [4.69, 9.17) is 16.1 Å². The number of aromatic nitrogens is 4. The van der Waals surface area contributed by atoms with Crippen LogP contribution in [0.3, 0.4) is 0 Å². The van der Waals surface area contributed by atoms with Gasteiger partial charge in [0, 0.05) is 23.2 Å². The number of nitrogens with zero attached hydrogens (tertiary/aromatic N) is 4. The van der Waals surface area contributed by atoms with E-state index in [-0.39, 0.29) is 11.7 Å². The first-order valence-corrected chi connectivity index (χ1v) is 9.09. The molecule has 1 amide bonds. The van der Waals surface area contributed by atoms with Crippen molar-refractivity contribution in [2.45, 2.75) is 18.6 Å². The van der Waals surface area contributed by atoms with Crippen LogP contribution in [0.2, 0.25) is 5.02 Å². The molecule has 7 nitrogen and oxygen atoms in total. The maximum absolute atomic E-state index is 12.1. The van der Waals surface area contributed by atoms with E-state index in [1.165, 1.54) is 11.8 Å². The lowest BCUT2D eigenvalue weighted by molar-refractivity contribution is -0.113. The van der Waals surface area contributed by atoms with Gasteiger partial charge >= 0.3 is 0 Å². The highest BCUT2D eigenvalue weighted by Crippen LogP contribution is 2.25. The van der Waals surface area contributed by atoms with Crippen LogP contribution in [-0.4, -0.2) is 31.6 Å². The average molecular weight is 390 g/mol. The highest BCUT2D eigenvalue weighted by molar-refractivity contribution is 7.99. The zero-order chi connectivity index (χ0) is 18.5. The molecule has 2 aromatic heterocycles. The Bertz CT molecular complexity index is 920. The SMILES string of the molecule is C=CCn1c(SCC(=O)Nc2cc(C)no2)nnc1-c1ccc(Cl)cc1. The molecule has 134 valence electrons. The summed E-state index contributed by atoms with van der Waals surface area (Å²) in [5, 5.41) is 16.1. The van der Waals surface area contributed by atoms with Crippen molar-refractivity contribution >= 4 is 35.2 Å². The number of thioether (sulfide) groups is 1. The molecule has 3 rings (SSSR count). The Morgan fingerprint density at radius 1 is 1.38 bits per heavy atom. The average Bonchev–Trinajstić information content (AvgIpc) is 3.20. The molecule has 0 unspecified atom stereocenters. The molecule has 0 radical (unpaired) electrons. The van der Waals surface area contributed by atoms with Crippen LogP contribution in [0.5, 0.6) is 0 Å². The number of allylic oxidation sites excluding steroid dienone is 1. The second-order valence-corrected chi connectivity index (χ2v) is 6.76. The van der Waals surface area contributed by atoms with E-state index in [0.29, 0.717) is 34.1 Å². The smallest absolute Gasteiger partial charge is 0.237 e. The summed E-state index contributed by atoms with van der Waals surface area (Å²) in [6, 6.07) is 8.99. The molecule has 2 heterocycles. The lowest BCUT2D eigenvalue weighted by atomic mass is 10.2. The largest absolute Gasteiger partial charge is 0.338 e. The second-order valence-electron chi connectivity index (χ2n) is 5.38. The van der Waals surface area contributed by atoms with Crippen molar-refractivity contribution in [3.05, 3.63) is 53.7 Å². The van der Waals surface area contributed by atoms with E-state index < -0.39 is 0 Å². The number of hydrogen-bond acceptors (Lipinski definition) is 6. The second kappa shape index (κ2) is 8.20. The van der Waals surface area contributed by atoms with Gasteiger partial charge in [-0.05, 0) is 31.2 Å². The van der Waals surface area contributed by atoms with Gasteiger partial charge in [-0.25, -0.2) is 0 Å². The molecule has 0 bridgehead atoms. The molecule has 0 spiro atoms. The van der Waals surface area contributed by atoms with Crippen LogP contribution in [0.4, 0.5) is 5.88 Å². The molecule has 0 aliphatic heterocycles. The lowest BCUT2D eigenvalue weighted by Crippen LogP contribution is -2.14. The number of amides is 1. The molecular weight excluding hydrogens is 374 g/mol. The van der Waals surface area contributed by atoms with E-state index in [1.807, 2.05) is 16.7 Å². The minimum absolute atomic E-state index is 0.162. The predicted octanol–water partition coefficient (Wildman–Crippen LogP) is 3.81. The number of aryl methyl sites for hydroxylation is 1. The van der Waals surface area contributed by atoms with Crippen LogP contribution in [0.15, 0.2) is 52.7 Å². The van der Waals surface area contributed by atoms with Crippen molar-refractivity contribution in [2.75, 3.05) is 11.1 Å². The molecule has 26 heavy (non-hydrogen) atoms. The number of benzene rings is 1. The first-order chi connectivity index (χ1) is 12.6. The number of carbonyl (C=O) groups excluding carboxylic acids is 1. The summed E-state index contributed by atoms with van der Waals surface area (Å²) in [6.45, 7) is 6.08. The minimum Gasteiger partial charge on any atom is -0.338 e. The van der Waals surface area contributed by atoms with Gasteiger partial charge in [0.25, 0.3) is 0 Å². The third-order valence-corrected chi connectivity index (χ3v) is 4.57. The first-order valence-electron chi connectivity index (χ1n) is 7.73. The number of halogens is 1. The number of hydrogen-bond donors (Lipinski definition) is 1. The summed E-state index contributed by atoms with van der Waals surface area (Å²) >= 11 is 7.22. The van der Waals surface area contributed by atoms with Gasteiger partial charge in [-0.1, -0.05) is 34.6 Å². The Morgan fingerprint density at radius 3 is 2.81 bits per heavy atom. The molecule has 3 aromatic rings. The molecule has 0 saturated heterocycles. The van der Waals surface area contributed by atoms with Crippen molar-refractivity contribution in [3.63, 3.8) is 0 Å². The molecule has 0 fully saturated rings. The number of carbonyl (C=O) groups is 1. The Kier molecular flexibility index (Phi) is 5.75. The fraction of sp³-hybridized carbons (Fsp3) is 0.176. The quantitative estimate of drug-likeness (QED) is 0.488. The molecule has 1 aromatic carbocycles. The van der Waals surface area contributed by atoms with E-state index in [0.717, 1.165) is 5.56 Å². The van der Waals surface area contributed by atoms with Crippen molar-refractivity contribution in [2.24, 2.45) is 0 Å². The van der Waals surface area contributed by atoms with Crippen LogP contribution in [0.1, 0.15) is 5.69 Å². The Balaban J connectivity index is 1.72. The predicted molar refractivity (Wildman–Crippen MR) is 101 cm³/mol. The Morgan fingerprint density at radius 2 is 2.15 bits per heavy atom. The zero-order valence-corrected chi connectivity index (χ0v) is 15.5. The first kappa shape index (κ1) is 18.2. The van der Waals surface area contributed by atoms with Gasteiger partial charge in [-0.3, -0.25) is 14.7 Å². The summed E-state index contributed by atoms with van der Waals surface area (Å²) in [5.74, 6) is 0.959. The van der Waals surface area contributed by atoms with Gasteiger partial charge < -0.3 is 4.52 Å². The normalized spacial score (nSPS) is 10.7. The van der Waals surface area contributed by atoms with Crippen molar-refractivity contribution in [1.29, 1.82) is 0 Å². The van der Waals surface area contributed by atoms with Gasteiger partial charge in [0.05, 0.1) is 11.4 Å². The highest BCUT2D eigenvalue weighted by Gasteiger charge is 2.15. The van der Waals surface area contributed by atoms with Gasteiger partial charge in [-0.15, -0.1) is 16.8 Å². The Labute approximate surface area is 159 Å².